The van der Waals surface area contributed by atoms with Gasteiger partial charge in [-0.3, -0.25) is 10.2 Å². The molecule has 2 N–H and O–H groups in total. The fourth-order valence-electron chi connectivity index (χ4n) is 2.32. The van der Waals surface area contributed by atoms with Gasteiger partial charge < -0.3 is 0 Å². The summed E-state index contributed by atoms with van der Waals surface area (Å²) in [6, 6.07) is 12.7. The van der Waals surface area contributed by atoms with E-state index in [0.29, 0.717) is 0 Å². The minimum absolute atomic E-state index is 0.989. The van der Waals surface area contributed by atoms with Gasteiger partial charge in [0.2, 0.25) is 0 Å². The predicted molar refractivity (Wildman–Crippen MR) is 96.6 cm³/mol. The zero-order valence-corrected chi connectivity index (χ0v) is 14.4. The average Bonchev–Trinajstić information content (AvgIpc) is 3.03. The first kappa shape index (κ1) is 12.6. The molecule has 0 saturated carbocycles. The van der Waals surface area contributed by atoms with E-state index in [9.17, 15) is 0 Å². The van der Waals surface area contributed by atoms with Crippen LogP contribution in [0.2, 0.25) is 0 Å². The van der Waals surface area contributed by atoms with Crippen molar-refractivity contribution in [1.29, 1.82) is 0 Å². The van der Waals surface area contributed by atoms with Crippen LogP contribution in [0.1, 0.15) is 0 Å². The Bertz CT molecular complexity index is 861. The highest BCUT2D eigenvalue weighted by molar-refractivity contribution is 14.1. The maximum absolute atomic E-state index is 4.32. The number of H-pyrrole nitrogens is 2. The highest BCUT2D eigenvalue weighted by atomic mass is 127. The quantitative estimate of drug-likeness (QED) is 0.394. The fraction of sp³-hybridized carbons (Fsp3) is 0. The van der Waals surface area contributed by atoms with Gasteiger partial charge in [0.1, 0.15) is 7.40 Å². The summed E-state index contributed by atoms with van der Waals surface area (Å²) < 4.78 is 2.14. The standard InChI is InChI=1S/C14H8I2N4/c15-13-9-3-1-7(5-11(9)17-19-13)8-2-4-10-12(6-8)18-20-14(10)16/h1-6H,(H,17,19)(H,18,20). The molecule has 0 aliphatic carbocycles. The van der Waals surface area contributed by atoms with E-state index in [-0.39, 0.29) is 0 Å². The Hall–Kier alpha value is -1.16. The van der Waals surface area contributed by atoms with Crippen molar-refractivity contribution in [3.63, 3.8) is 0 Å². The van der Waals surface area contributed by atoms with Gasteiger partial charge >= 0.3 is 0 Å². The van der Waals surface area contributed by atoms with Crippen molar-refractivity contribution >= 4 is 67.0 Å². The molecule has 0 atom stereocenters. The lowest BCUT2D eigenvalue weighted by Gasteiger charge is -2.01. The minimum atomic E-state index is 0.989. The first-order chi connectivity index (χ1) is 9.72. The van der Waals surface area contributed by atoms with E-state index in [4.69, 9.17) is 0 Å². The molecule has 4 aromatic rings. The van der Waals surface area contributed by atoms with Crippen molar-refractivity contribution in [2.24, 2.45) is 0 Å². The van der Waals surface area contributed by atoms with Crippen molar-refractivity contribution < 1.29 is 0 Å². The molecule has 0 aliphatic rings. The fourth-order valence-corrected chi connectivity index (χ4v) is 3.47. The molecule has 6 heteroatoms. The molecule has 2 heterocycles. The van der Waals surface area contributed by atoms with Crippen LogP contribution in [0.5, 0.6) is 0 Å². The monoisotopic (exact) mass is 486 g/mol. The third kappa shape index (κ3) is 1.93. The van der Waals surface area contributed by atoms with E-state index in [0.717, 1.165) is 40.3 Å². The number of nitrogens with zero attached hydrogens (tertiary/aromatic N) is 2. The second-order valence-corrected chi connectivity index (χ2v) is 6.70. The van der Waals surface area contributed by atoms with Gasteiger partial charge in [0.15, 0.2) is 0 Å². The van der Waals surface area contributed by atoms with Gasteiger partial charge in [0, 0.05) is 10.8 Å². The summed E-state index contributed by atoms with van der Waals surface area (Å²) in [6.07, 6.45) is 0. The van der Waals surface area contributed by atoms with Gasteiger partial charge in [-0.25, -0.2) is 0 Å². The number of aromatic nitrogens is 4. The van der Waals surface area contributed by atoms with Crippen LogP contribution in [-0.2, 0) is 0 Å². The van der Waals surface area contributed by atoms with Crippen LogP contribution >= 0.6 is 45.2 Å². The van der Waals surface area contributed by atoms with E-state index < -0.39 is 0 Å². The molecular formula is C14H8I2N4. The third-order valence-electron chi connectivity index (χ3n) is 3.35. The molecule has 20 heavy (non-hydrogen) atoms. The second-order valence-electron chi connectivity index (χ2n) is 4.54. The molecule has 4 rings (SSSR count). The van der Waals surface area contributed by atoms with Crippen molar-refractivity contribution in [2.75, 3.05) is 0 Å². The summed E-state index contributed by atoms with van der Waals surface area (Å²) in [5.41, 5.74) is 4.29. The molecule has 0 saturated heterocycles. The number of benzene rings is 2. The van der Waals surface area contributed by atoms with Gasteiger partial charge in [0.25, 0.3) is 0 Å². The molecular weight excluding hydrogens is 478 g/mol. The number of nitrogens with one attached hydrogen (secondary N) is 2. The number of rotatable bonds is 1. The van der Waals surface area contributed by atoms with Crippen molar-refractivity contribution in [2.45, 2.75) is 0 Å². The summed E-state index contributed by atoms with van der Waals surface area (Å²) in [6.45, 7) is 0. The molecule has 98 valence electrons. The van der Waals surface area contributed by atoms with Gasteiger partial charge in [-0.05, 0) is 80.6 Å². The first-order valence-electron chi connectivity index (χ1n) is 6.00. The molecule has 0 fully saturated rings. The molecule has 0 radical (unpaired) electrons. The van der Waals surface area contributed by atoms with Crippen LogP contribution in [0.25, 0.3) is 32.9 Å². The maximum atomic E-state index is 4.32. The smallest absolute Gasteiger partial charge is 0.104 e. The first-order valence-corrected chi connectivity index (χ1v) is 8.16. The number of halogens is 2. The van der Waals surface area contributed by atoms with Gasteiger partial charge in [-0.1, -0.05) is 12.1 Å². The molecule has 0 unspecified atom stereocenters. The average molecular weight is 486 g/mol. The SMILES string of the molecule is Ic1[nH]nc2cc(-c3ccc4c(I)[nH]nc4c3)ccc12. The maximum Gasteiger partial charge on any atom is 0.104 e. The summed E-state index contributed by atoms with van der Waals surface area (Å²) in [4.78, 5) is 0. The summed E-state index contributed by atoms with van der Waals surface area (Å²) in [7, 11) is 0. The Morgan fingerprint density at radius 3 is 1.60 bits per heavy atom. The van der Waals surface area contributed by atoms with Crippen LogP contribution in [0, 0.1) is 7.40 Å². The summed E-state index contributed by atoms with van der Waals surface area (Å²) in [5.74, 6) is 0. The van der Waals surface area contributed by atoms with Crippen molar-refractivity contribution in [1.82, 2.24) is 20.4 Å². The number of aromatic amines is 2. The lowest BCUT2D eigenvalue weighted by atomic mass is 10.0. The lowest BCUT2D eigenvalue weighted by molar-refractivity contribution is 1.09. The van der Waals surface area contributed by atoms with Crippen LogP contribution in [0.4, 0.5) is 0 Å². The number of fused-ring (bicyclic) bond motifs is 2. The minimum Gasteiger partial charge on any atom is -0.271 e. The largest absolute Gasteiger partial charge is 0.271 e. The highest BCUT2D eigenvalue weighted by Gasteiger charge is 2.07. The van der Waals surface area contributed by atoms with Crippen LogP contribution in [0.3, 0.4) is 0 Å². The summed E-state index contributed by atoms with van der Waals surface area (Å²) >= 11 is 4.52. The molecule has 0 bridgehead atoms. The predicted octanol–water partition coefficient (Wildman–Crippen LogP) is 4.32. The molecule has 0 aliphatic heterocycles. The van der Waals surface area contributed by atoms with Crippen LogP contribution < -0.4 is 0 Å². The number of hydrogen-bond acceptors (Lipinski definition) is 2. The Labute approximate surface area is 141 Å². The van der Waals surface area contributed by atoms with Crippen molar-refractivity contribution in [3.8, 4) is 11.1 Å². The normalized spacial score (nSPS) is 11.5. The topological polar surface area (TPSA) is 57.4 Å². The zero-order chi connectivity index (χ0) is 13.7. The Kier molecular flexibility index (Phi) is 2.95. The van der Waals surface area contributed by atoms with Crippen LogP contribution in [0.15, 0.2) is 36.4 Å². The van der Waals surface area contributed by atoms with E-state index in [1.54, 1.807) is 0 Å². The van der Waals surface area contributed by atoms with E-state index in [1.807, 2.05) is 0 Å². The summed E-state index contributed by atoms with van der Waals surface area (Å²) in [5, 5.41) is 17.0. The van der Waals surface area contributed by atoms with Gasteiger partial charge in [-0.15, -0.1) is 0 Å². The lowest BCUT2D eigenvalue weighted by Crippen LogP contribution is -1.79. The Balaban J connectivity index is 1.91. The molecule has 0 amide bonds. The van der Waals surface area contributed by atoms with E-state index >= 15 is 0 Å². The Morgan fingerprint density at radius 1 is 0.700 bits per heavy atom. The molecule has 0 spiro atoms. The molecule has 4 nitrogen and oxygen atoms in total. The van der Waals surface area contributed by atoms with Gasteiger partial charge in [0.05, 0.1) is 11.0 Å². The van der Waals surface area contributed by atoms with E-state index in [1.165, 1.54) is 0 Å². The van der Waals surface area contributed by atoms with E-state index in [2.05, 4.69) is 102 Å². The molecule has 2 aromatic carbocycles. The zero-order valence-electron chi connectivity index (χ0n) is 10.1. The Morgan fingerprint density at radius 2 is 1.15 bits per heavy atom. The highest BCUT2D eigenvalue weighted by Crippen LogP contribution is 2.28. The van der Waals surface area contributed by atoms with Crippen molar-refractivity contribution in [3.05, 3.63) is 43.8 Å². The third-order valence-corrected chi connectivity index (χ3v) is 5.00. The number of hydrogen-bond donors (Lipinski definition) is 2. The van der Waals surface area contributed by atoms with Gasteiger partial charge in [-0.2, -0.15) is 10.2 Å². The molecule has 2 aromatic heterocycles. The second kappa shape index (κ2) is 4.69. The van der Waals surface area contributed by atoms with Crippen LogP contribution in [-0.4, -0.2) is 20.4 Å².